The molecule has 0 saturated heterocycles. The second kappa shape index (κ2) is 5.11. The Morgan fingerprint density at radius 3 is 2.26 bits per heavy atom. The van der Waals surface area contributed by atoms with Crippen LogP contribution in [-0.2, 0) is 0 Å². The first kappa shape index (κ1) is 12.9. The minimum Gasteiger partial charge on any atom is -0.294 e. The molecule has 0 spiro atoms. The van der Waals surface area contributed by atoms with Gasteiger partial charge >= 0.3 is 0 Å². The van der Waals surface area contributed by atoms with Crippen LogP contribution in [0.1, 0.15) is 67.8 Å². The van der Waals surface area contributed by atoms with Crippen LogP contribution in [0.2, 0.25) is 0 Å². The number of carbonyl (C=O) groups excluding carboxylic acids is 1. The lowest BCUT2D eigenvalue weighted by Crippen LogP contribution is -2.04. The molecule has 2 aliphatic rings. The number of carbonyl (C=O) groups is 1. The Morgan fingerprint density at radius 2 is 1.74 bits per heavy atom. The van der Waals surface area contributed by atoms with Gasteiger partial charge in [-0.15, -0.1) is 0 Å². The van der Waals surface area contributed by atoms with Gasteiger partial charge in [0.1, 0.15) is 0 Å². The van der Waals surface area contributed by atoms with Gasteiger partial charge in [0.05, 0.1) is 0 Å². The van der Waals surface area contributed by atoms with Gasteiger partial charge in [0.25, 0.3) is 0 Å². The molecule has 0 N–H and O–H groups in total. The van der Waals surface area contributed by atoms with E-state index in [-0.39, 0.29) is 0 Å². The molecule has 2 saturated carbocycles. The van der Waals surface area contributed by atoms with Crippen LogP contribution in [0.25, 0.3) is 0 Å². The minimum atomic E-state index is 0.358. The van der Waals surface area contributed by atoms with E-state index in [4.69, 9.17) is 0 Å². The number of rotatable bonds is 4. The summed E-state index contributed by atoms with van der Waals surface area (Å²) in [5.74, 6) is 2.79. The van der Waals surface area contributed by atoms with E-state index in [0.717, 1.165) is 23.8 Å². The first-order valence-electron chi connectivity index (χ1n) is 7.86. The Bertz CT molecular complexity index is 447. The van der Waals surface area contributed by atoms with Gasteiger partial charge in [0, 0.05) is 11.5 Å². The van der Waals surface area contributed by atoms with Crippen LogP contribution in [0.4, 0.5) is 0 Å². The third kappa shape index (κ3) is 2.35. The fraction of sp³-hybridized carbons (Fsp3) is 0.611. The lowest BCUT2D eigenvalue weighted by Gasteiger charge is -2.09. The van der Waals surface area contributed by atoms with Crippen molar-refractivity contribution in [3.8, 4) is 0 Å². The van der Waals surface area contributed by atoms with Gasteiger partial charge in [0.2, 0.25) is 0 Å². The summed E-state index contributed by atoms with van der Waals surface area (Å²) >= 11 is 0. The van der Waals surface area contributed by atoms with E-state index in [2.05, 4.69) is 26.0 Å². The number of ketones is 1. The second-order valence-corrected chi connectivity index (χ2v) is 6.43. The van der Waals surface area contributed by atoms with Crippen LogP contribution >= 0.6 is 0 Å². The summed E-state index contributed by atoms with van der Waals surface area (Å²) in [5, 5.41) is 0. The molecule has 3 atom stereocenters. The molecular weight excluding hydrogens is 232 g/mol. The van der Waals surface area contributed by atoms with Gasteiger partial charge in [-0.2, -0.15) is 0 Å². The molecule has 19 heavy (non-hydrogen) atoms. The molecule has 2 fully saturated rings. The lowest BCUT2D eigenvalue weighted by atomic mass is 9.96. The highest BCUT2D eigenvalue weighted by molar-refractivity contribution is 6.00. The standard InChI is InChI=1S/C18H24O/c1-3-12(2)13-8-10-14(11-9-13)18(19)17-15-6-4-5-7-16(15)17/h8-12,15-17H,3-7H2,1-2H3. The molecule has 0 aliphatic heterocycles. The van der Waals surface area contributed by atoms with E-state index in [1.54, 1.807) is 0 Å². The summed E-state index contributed by atoms with van der Waals surface area (Å²) in [6, 6.07) is 8.39. The largest absolute Gasteiger partial charge is 0.294 e. The molecule has 3 unspecified atom stereocenters. The zero-order chi connectivity index (χ0) is 13.4. The number of benzene rings is 1. The van der Waals surface area contributed by atoms with E-state index < -0.39 is 0 Å². The molecule has 0 aromatic heterocycles. The molecule has 0 amide bonds. The van der Waals surface area contributed by atoms with Crippen LogP contribution in [0, 0.1) is 17.8 Å². The molecule has 1 heteroatoms. The SMILES string of the molecule is CCC(C)c1ccc(C(=O)C2C3CCCCC32)cc1. The summed E-state index contributed by atoms with van der Waals surface area (Å²) in [6.45, 7) is 4.45. The van der Waals surface area contributed by atoms with Gasteiger partial charge in [-0.25, -0.2) is 0 Å². The summed E-state index contributed by atoms with van der Waals surface area (Å²) in [7, 11) is 0. The normalized spacial score (nSPS) is 30.5. The van der Waals surface area contributed by atoms with Gasteiger partial charge in [-0.05, 0) is 42.6 Å². The van der Waals surface area contributed by atoms with E-state index >= 15 is 0 Å². The van der Waals surface area contributed by atoms with Crippen molar-refractivity contribution in [2.24, 2.45) is 17.8 Å². The number of hydrogen-bond acceptors (Lipinski definition) is 1. The van der Waals surface area contributed by atoms with E-state index in [1.165, 1.54) is 31.2 Å². The van der Waals surface area contributed by atoms with Crippen LogP contribution in [0.3, 0.4) is 0 Å². The van der Waals surface area contributed by atoms with Gasteiger partial charge in [0.15, 0.2) is 5.78 Å². The Kier molecular flexibility index (Phi) is 3.47. The minimum absolute atomic E-state index is 0.358. The molecule has 1 aromatic rings. The third-order valence-corrected chi connectivity index (χ3v) is 5.34. The quantitative estimate of drug-likeness (QED) is 0.706. The zero-order valence-electron chi connectivity index (χ0n) is 12.1. The van der Waals surface area contributed by atoms with Crippen molar-refractivity contribution in [1.29, 1.82) is 0 Å². The maximum absolute atomic E-state index is 12.5. The molecule has 2 aliphatic carbocycles. The number of Topliss-reactive ketones (excluding diaryl/α,β-unsaturated/α-hetero) is 1. The maximum atomic E-state index is 12.5. The third-order valence-electron chi connectivity index (χ3n) is 5.34. The van der Waals surface area contributed by atoms with Gasteiger partial charge < -0.3 is 0 Å². The fourth-order valence-electron chi connectivity index (χ4n) is 3.79. The summed E-state index contributed by atoms with van der Waals surface area (Å²) in [4.78, 5) is 12.5. The molecule has 1 nitrogen and oxygen atoms in total. The highest BCUT2D eigenvalue weighted by Crippen LogP contribution is 2.56. The molecule has 3 rings (SSSR count). The van der Waals surface area contributed by atoms with Crippen molar-refractivity contribution < 1.29 is 4.79 Å². The highest BCUT2D eigenvalue weighted by atomic mass is 16.1. The topological polar surface area (TPSA) is 17.1 Å². The summed E-state index contributed by atoms with van der Waals surface area (Å²) in [5.41, 5.74) is 2.29. The van der Waals surface area contributed by atoms with E-state index in [1.807, 2.05) is 12.1 Å². The predicted octanol–water partition coefficient (Wildman–Crippen LogP) is 4.82. The van der Waals surface area contributed by atoms with E-state index in [0.29, 0.717) is 17.6 Å². The van der Waals surface area contributed by atoms with Crippen molar-refractivity contribution >= 4 is 5.78 Å². The van der Waals surface area contributed by atoms with E-state index in [9.17, 15) is 4.79 Å². The summed E-state index contributed by atoms with van der Waals surface area (Å²) in [6.07, 6.45) is 6.38. The van der Waals surface area contributed by atoms with Gasteiger partial charge in [-0.1, -0.05) is 51.0 Å². The molecule has 0 radical (unpaired) electrons. The van der Waals surface area contributed by atoms with Crippen LogP contribution in [0.5, 0.6) is 0 Å². The first-order valence-corrected chi connectivity index (χ1v) is 7.86. The van der Waals surface area contributed by atoms with Crippen LogP contribution in [-0.4, -0.2) is 5.78 Å². The Balaban J connectivity index is 1.71. The first-order chi connectivity index (χ1) is 9.22. The van der Waals surface area contributed by atoms with Crippen LogP contribution in [0.15, 0.2) is 24.3 Å². The van der Waals surface area contributed by atoms with Crippen molar-refractivity contribution in [2.45, 2.75) is 51.9 Å². The Labute approximate surface area is 116 Å². The Hall–Kier alpha value is -1.11. The second-order valence-electron chi connectivity index (χ2n) is 6.43. The molecule has 0 bridgehead atoms. The monoisotopic (exact) mass is 256 g/mol. The number of hydrogen-bond donors (Lipinski definition) is 0. The van der Waals surface area contributed by atoms with Gasteiger partial charge in [-0.3, -0.25) is 4.79 Å². The average molecular weight is 256 g/mol. The van der Waals surface area contributed by atoms with Crippen molar-refractivity contribution in [2.75, 3.05) is 0 Å². The molecular formula is C18H24O. The Morgan fingerprint density at radius 1 is 1.16 bits per heavy atom. The number of fused-ring (bicyclic) bond motifs is 1. The zero-order valence-corrected chi connectivity index (χ0v) is 12.1. The predicted molar refractivity (Wildman–Crippen MR) is 78.4 cm³/mol. The van der Waals surface area contributed by atoms with Crippen molar-refractivity contribution in [1.82, 2.24) is 0 Å². The summed E-state index contributed by atoms with van der Waals surface area (Å²) < 4.78 is 0. The molecule has 0 heterocycles. The van der Waals surface area contributed by atoms with Crippen molar-refractivity contribution in [3.63, 3.8) is 0 Å². The van der Waals surface area contributed by atoms with Crippen LogP contribution < -0.4 is 0 Å². The fourth-order valence-corrected chi connectivity index (χ4v) is 3.79. The molecule has 1 aromatic carbocycles. The average Bonchev–Trinajstić information content (AvgIpc) is 3.20. The molecule has 102 valence electrons. The highest BCUT2D eigenvalue weighted by Gasteiger charge is 2.54. The smallest absolute Gasteiger partial charge is 0.166 e. The van der Waals surface area contributed by atoms with Crippen molar-refractivity contribution in [3.05, 3.63) is 35.4 Å². The maximum Gasteiger partial charge on any atom is 0.166 e. The lowest BCUT2D eigenvalue weighted by molar-refractivity contribution is 0.0956.